The molecule has 0 saturated carbocycles. The van der Waals surface area contributed by atoms with E-state index >= 15 is 0 Å². The van der Waals surface area contributed by atoms with Crippen LogP contribution in [-0.4, -0.2) is 9.81 Å². The van der Waals surface area contributed by atoms with Crippen molar-refractivity contribution in [2.24, 2.45) is 0 Å². The van der Waals surface area contributed by atoms with Gasteiger partial charge in [-0.05, 0) is 25.0 Å². The fourth-order valence-corrected chi connectivity index (χ4v) is 3.35. The van der Waals surface area contributed by atoms with Crippen LogP contribution in [0.2, 0.25) is 0 Å². The lowest BCUT2D eigenvalue weighted by molar-refractivity contribution is 0.552. The van der Waals surface area contributed by atoms with Gasteiger partial charge in [-0.1, -0.05) is 86.7 Å². The third-order valence-electron chi connectivity index (χ3n) is 4.15. The van der Waals surface area contributed by atoms with E-state index in [1.807, 2.05) is 12.3 Å². The van der Waals surface area contributed by atoms with E-state index in [1.165, 1.54) is 75.5 Å². The van der Waals surface area contributed by atoms with Gasteiger partial charge in [0, 0.05) is 23.1 Å². The summed E-state index contributed by atoms with van der Waals surface area (Å²) >= 11 is 3.82. The summed E-state index contributed by atoms with van der Waals surface area (Å²) in [6.45, 7) is 4.43. The van der Waals surface area contributed by atoms with Gasteiger partial charge in [-0.2, -0.15) is 0 Å². The zero-order chi connectivity index (χ0) is 15.3. The Morgan fingerprint density at radius 1 is 1.00 bits per heavy atom. The highest BCUT2D eigenvalue weighted by molar-refractivity contribution is 9.09. The Morgan fingerprint density at radius 2 is 1.62 bits per heavy atom. The molecule has 0 aliphatic heterocycles. The lowest BCUT2D eigenvalue weighted by Crippen LogP contribution is -2.06. The van der Waals surface area contributed by atoms with Crippen molar-refractivity contribution in [3.63, 3.8) is 0 Å². The second kappa shape index (κ2) is 12.2. The normalized spacial score (nSPS) is 12.5. The van der Waals surface area contributed by atoms with Crippen LogP contribution in [0.3, 0.4) is 0 Å². The molecule has 0 aromatic carbocycles. The summed E-state index contributed by atoms with van der Waals surface area (Å²) in [6.07, 6.45) is 16.9. The van der Waals surface area contributed by atoms with E-state index in [1.54, 1.807) is 0 Å². The molecule has 1 aromatic rings. The molecule has 0 N–H and O–H groups in total. The molecule has 1 heterocycles. The van der Waals surface area contributed by atoms with E-state index < -0.39 is 0 Å². The first kappa shape index (κ1) is 18.7. The number of pyridine rings is 1. The van der Waals surface area contributed by atoms with Gasteiger partial charge in [0.25, 0.3) is 0 Å². The monoisotopic (exact) mass is 353 g/mol. The van der Waals surface area contributed by atoms with Gasteiger partial charge in [0.1, 0.15) is 0 Å². The van der Waals surface area contributed by atoms with Gasteiger partial charge in [-0.15, -0.1) is 0 Å². The largest absolute Gasteiger partial charge is 0.261 e. The second-order valence-corrected chi connectivity index (χ2v) is 7.48. The van der Waals surface area contributed by atoms with Gasteiger partial charge in [-0.3, -0.25) is 4.98 Å². The maximum Gasteiger partial charge on any atom is 0.0443 e. The van der Waals surface area contributed by atoms with Crippen molar-refractivity contribution in [1.82, 2.24) is 4.98 Å². The van der Waals surface area contributed by atoms with Crippen molar-refractivity contribution < 1.29 is 0 Å². The van der Waals surface area contributed by atoms with Crippen LogP contribution >= 0.6 is 15.9 Å². The molecule has 1 aromatic heterocycles. The number of hydrogen-bond donors (Lipinski definition) is 0. The molecule has 0 amide bonds. The number of alkyl halides is 1. The minimum Gasteiger partial charge on any atom is -0.261 e. The quantitative estimate of drug-likeness (QED) is 0.304. The van der Waals surface area contributed by atoms with E-state index in [9.17, 15) is 0 Å². The van der Waals surface area contributed by atoms with Gasteiger partial charge in [0.2, 0.25) is 0 Å². The molecule has 1 atom stereocenters. The fourth-order valence-electron chi connectivity index (χ4n) is 2.72. The summed E-state index contributed by atoms with van der Waals surface area (Å²) < 4.78 is 0. The average molecular weight is 354 g/mol. The van der Waals surface area contributed by atoms with Crippen LogP contribution in [-0.2, 0) is 6.42 Å². The number of halogens is 1. The molecular weight excluding hydrogens is 322 g/mol. The van der Waals surface area contributed by atoms with Gasteiger partial charge >= 0.3 is 0 Å². The van der Waals surface area contributed by atoms with Gasteiger partial charge < -0.3 is 0 Å². The molecule has 0 spiro atoms. The topological polar surface area (TPSA) is 12.9 Å². The molecule has 1 nitrogen and oxygen atoms in total. The first-order chi connectivity index (χ1) is 10.2. The van der Waals surface area contributed by atoms with Crippen LogP contribution in [0, 0.1) is 6.92 Å². The van der Waals surface area contributed by atoms with Gasteiger partial charge in [0.15, 0.2) is 0 Å². The molecule has 0 bridgehead atoms. The number of aromatic nitrogens is 1. The third kappa shape index (κ3) is 9.29. The highest BCUT2D eigenvalue weighted by atomic mass is 79.9. The predicted octanol–water partition coefficient (Wildman–Crippen LogP) is 6.62. The first-order valence-electron chi connectivity index (χ1n) is 8.78. The van der Waals surface area contributed by atoms with E-state index in [2.05, 4.69) is 40.8 Å². The number of hydrogen-bond acceptors (Lipinski definition) is 1. The zero-order valence-corrected chi connectivity index (χ0v) is 15.5. The molecular formula is C19H32BrN. The minimum absolute atomic E-state index is 0.579. The van der Waals surface area contributed by atoms with Crippen molar-refractivity contribution >= 4 is 15.9 Å². The highest BCUT2D eigenvalue weighted by Gasteiger charge is 2.08. The number of nitrogens with zero attached hydrogens (tertiary/aromatic N) is 1. The van der Waals surface area contributed by atoms with Crippen molar-refractivity contribution in [2.45, 2.75) is 89.3 Å². The van der Waals surface area contributed by atoms with Crippen molar-refractivity contribution in [2.75, 3.05) is 0 Å². The van der Waals surface area contributed by atoms with Crippen LogP contribution < -0.4 is 0 Å². The summed E-state index contributed by atoms with van der Waals surface area (Å²) in [4.78, 5) is 5.06. The molecule has 21 heavy (non-hydrogen) atoms. The Bertz CT molecular complexity index is 364. The zero-order valence-electron chi connectivity index (χ0n) is 13.9. The summed E-state index contributed by atoms with van der Waals surface area (Å²) in [5, 5.41) is 0. The molecule has 1 rings (SSSR count). The van der Waals surface area contributed by atoms with E-state index in [-0.39, 0.29) is 0 Å². The lowest BCUT2D eigenvalue weighted by atomic mass is 10.0. The van der Waals surface area contributed by atoms with Crippen LogP contribution in [0.5, 0.6) is 0 Å². The Morgan fingerprint density at radius 3 is 2.24 bits per heavy atom. The smallest absolute Gasteiger partial charge is 0.0443 e. The molecule has 0 aliphatic rings. The van der Waals surface area contributed by atoms with Crippen molar-refractivity contribution in [3.8, 4) is 0 Å². The molecule has 0 aliphatic carbocycles. The highest BCUT2D eigenvalue weighted by Crippen LogP contribution is 2.18. The summed E-state index contributed by atoms with van der Waals surface area (Å²) in [5.41, 5.74) is 2.56. The minimum atomic E-state index is 0.579. The van der Waals surface area contributed by atoms with Crippen LogP contribution in [0.4, 0.5) is 0 Å². The fraction of sp³-hybridized carbons (Fsp3) is 0.737. The Balaban J connectivity index is 1.99. The molecule has 120 valence electrons. The lowest BCUT2D eigenvalue weighted by Gasteiger charge is -2.10. The predicted molar refractivity (Wildman–Crippen MR) is 97.2 cm³/mol. The maximum atomic E-state index is 4.48. The van der Waals surface area contributed by atoms with Crippen molar-refractivity contribution in [1.29, 1.82) is 0 Å². The van der Waals surface area contributed by atoms with Gasteiger partial charge in [-0.25, -0.2) is 0 Å². The molecule has 0 fully saturated rings. The van der Waals surface area contributed by atoms with E-state index in [0.717, 1.165) is 6.42 Å². The average Bonchev–Trinajstić information content (AvgIpc) is 2.48. The van der Waals surface area contributed by atoms with Crippen LogP contribution in [0.1, 0.15) is 82.4 Å². The molecule has 1 unspecified atom stereocenters. The SMILES string of the molecule is CCCCCCCCCCCC(Br)Cc1ncccc1C. The Labute approximate surface area is 140 Å². The molecule has 0 radical (unpaired) electrons. The summed E-state index contributed by atoms with van der Waals surface area (Å²) in [6, 6.07) is 4.17. The number of aryl methyl sites for hydroxylation is 1. The first-order valence-corrected chi connectivity index (χ1v) is 9.70. The molecule has 0 saturated heterocycles. The maximum absolute atomic E-state index is 4.48. The third-order valence-corrected chi connectivity index (χ3v) is 4.94. The van der Waals surface area contributed by atoms with Crippen LogP contribution in [0.25, 0.3) is 0 Å². The molecule has 2 heteroatoms. The van der Waals surface area contributed by atoms with Crippen molar-refractivity contribution in [3.05, 3.63) is 29.6 Å². The van der Waals surface area contributed by atoms with Gasteiger partial charge in [0.05, 0.1) is 0 Å². The summed E-state index contributed by atoms with van der Waals surface area (Å²) in [5.74, 6) is 0. The number of unbranched alkanes of at least 4 members (excludes halogenated alkanes) is 8. The summed E-state index contributed by atoms with van der Waals surface area (Å²) in [7, 11) is 0. The Kier molecular flexibility index (Phi) is 10.9. The standard InChI is InChI=1S/C19H32BrN/c1-3-4-5-6-7-8-9-10-11-14-18(20)16-19-17(2)13-12-15-21-19/h12-13,15,18H,3-11,14,16H2,1-2H3. The number of rotatable bonds is 12. The Hall–Kier alpha value is -0.370. The van der Waals surface area contributed by atoms with E-state index in [4.69, 9.17) is 0 Å². The van der Waals surface area contributed by atoms with Crippen LogP contribution in [0.15, 0.2) is 18.3 Å². The second-order valence-electron chi connectivity index (χ2n) is 6.19. The van der Waals surface area contributed by atoms with E-state index in [0.29, 0.717) is 4.83 Å².